The van der Waals surface area contributed by atoms with E-state index in [-0.39, 0.29) is 0 Å². The maximum Gasteiger partial charge on any atom is 0.144 e. The van der Waals surface area contributed by atoms with Crippen LogP contribution in [0.1, 0.15) is 6.92 Å². The quantitative estimate of drug-likeness (QED) is 0.561. The minimum atomic E-state index is 0.701. The van der Waals surface area contributed by atoms with Gasteiger partial charge in [0.2, 0.25) is 0 Å². The van der Waals surface area contributed by atoms with Crippen molar-refractivity contribution in [1.82, 2.24) is 15.0 Å². The van der Waals surface area contributed by atoms with Gasteiger partial charge < -0.3 is 0 Å². The normalized spacial score (nSPS) is 9.62. The molecule has 0 N–H and O–H groups in total. The van der Waals surface area contributed by atoms with Gasteiger partial charge in [-0.2, -0.15) is 0 Å². The topological polar surface area (TPSA) is 30.7 Å². The highest BCUT2D eigenvalue weighted by Crippen LogP contribution is 1.99. The third kappa shape index (κ3) is 0.790. The van der Waals surface area contributed by atoms with Gasteiger partial charge in [-0.05, 0) is 6.92 Å². The van der Waals surface area contributed by atoms with Crippen LogP contribution in [0.3, 0.4) is 0 Å². The highest BCUT2D eigenvalue weighted by molar-refractivity contribution is 7.80. The second-order valence-corrected chi connectivity index (χ2v) is 1.81. The molecule has 0 aromatic carbocycles. The first-order valence-electron chi connectivity index (χ1n) is 2.40. The largest absolute Gasteiger partial charge is 0.235 e. The minimum Gasteiger partial charge on any atom is -0.235 e. The second-order valence-electron chi connectivity index (χ2n) is 1.39. The van der Waals surface area contributed by atoms with Crippen molar-refractivity contribution in [2.24, 2.45) is 0 Å². The first kappa shape index (κ1) is 5.50. The van der Waals surface area contributed by atoms with E-state index in [1.807, 2.05) is 6.92 Å². The van der Waals surface area contributed by atoms with Crippen LogP contribution < -0.4 is 0 Å². The maximum atomic E-state index is 4.82. The number of aromatic nitrogens is 3. The van der Waals surface area contributed by atoms with Crippen LogP contribution >= 0.6 is 12.6 Å². The van der Waals surface area contributed by atoms with Crippen molar-refractivity contribution < 1.29 is 0 Å². The third-order valence-electron chi connectivity index (χ3n) is 0.882. The first-order valence-corrected chi connectivity index (χ1v) is 2.81. The van der Waals surface area contributed by atoms with E-state index in [9.17, 15) is 0 Å². The summed E-state index contributed by atoms with van der Waals surface area (Å²) < 4.78 is 1.66. The van der Waals surface area contributed by atoms with Gasteiger partial charge in [0, 0.05) is 6.54 Å². The number of aryl methyl sites for hydroxylation is 1. The van der Waals surface area contributed by atoms with Crippen molar-refractivity contribution in [2.75, 3.05) is 0 Å². The second kappa shape index (κ2) is 2.09. The first-order chi connectivity index (χ1) is 3.84. The van der Waals surface area contributed by atoms with E-state index >= 15 is 0 Å². The summed E-state index contributed by atoms with van der Waals surface area (Å²) in [6.07, 6.45) is 1.57. The molecule has 1 rings (SSSR count). The molecule has 43 valence electrons. The average Bonchev–Trinajstić information content (AvgIpc) is 2.14. The fraction of sp³-hybridized carbons (Fsp3) is 0.500. The van der Waals surface area contributed by atoms with E-state index < -0.39 is 0 Å². The molecule has 0 amide bonds. The predicted octanol–water partition coefficient (Wildman–Crippen LogP) is 0.854. The summed E-state index contributed by atoms with van der Waals surface area (Å²) in [6, 6.07) is 0. The Hall–Kier alpha value is -0.640. The van der Waals surface area contributed by atoms with E-state index in [1.54, 1.807) is 10.9 Å². The average molecular weight is 128 g/mol. The SMILES string of the molecule is CCn1nncc1[S]. The Balaban J connectivity index is 2.92. The smallest absolute Gasteiger partial charge is 0.144 e. The van der Waals surface area contributed by atoms with Gasteiger partial charge in [0.05, 0.1) is 6.20 Å². The Kier molecular flexibility index (Phi) is 1.43. The molecule has 0 spiro atoms. The van der Waals surface area contributed by atoms with Crippen molar-refractivity contribution in [3.8, 4) is 0 Å². The molecule has 0 fully saturated rings. The molecule has 0 aliphatic carbocycles. The van der Waals surface area contributed by atoms with Crippen LogP contribution in [0.2, 0.25) is 0 Å². The Morgan fingerprint density at radius 3 is 2.88 bits per heavy atom. The zero-order valence-corrected chi connectivity index (χ0v) is 5.35. The zero-order chi connectivity index (χ0) is 5.98. The molecule has 1 aromatic rings. The van der Waals surface area contributed by atoms with E-state index in [4.69, 9.17) is 12.6 Å². The molecule has 4 heteroatoms. The molecule has 0 aliphatic rings. The van der Waals surface area contributed by atoms with Crippen molar-refractivity contribution in [3.63, 3.8) is 0 Å². The van der Waals surface area contributed by atoms with Gasteiger partial charge in [0.25, 0.3) is 0 Å². The zero-order valence-electron chi connectivity index (χ0n) is 4.53. The Bertz CT molecular complexity index is 172. The molecule has 0 saturated carbocycles. The van der Waals surface area contributed by atoms with Gasteiger partial charge in [0.1, 0.15) is 5.03 Å². The fourth-order valence-electron chi connectivity index (χ4n) is 0.467. The molecule has 0 atom stereocenters. The van der Waals surface area contributed by atoms with Crippen LogP contribution in [0, 0.1) is 0 Å². The minimum absolute atomic E-state index is 0.701. The number of hydrogen-bond donors (Lipinski definition) is 0. The van der Waals surface area contributed by atoms with Crippen molar-refractivity contribution in [3.05, 3.63) is 6.20 Å². The molecular weight excluding hydrogens is 122 g/mol. The monoisotopic (exact) mass is 128 g/mol. The number of hydrogen-bond acceptors (Lipinski definition) is 2. The van der Waals surface area contributed by atoms with Gasteiger partial charge >= 0.3 is 0 Å². The van der Waals surface area contributed by atoms with Crippen LogP contribution in [-0.4, -0.2) is 15.0 Å². The molecule has 0 bridgehead atoms. The van der Waals surface area contributed by atoms with Gasteiger partial charge in [-0.1, -0.05) is 17.8 Å². The van der Waals surface area contributed by atoms with Crippen LogP contribution in [0.15, 0.2) is 11.2 Å². The summed E-state index contributed by atoms with van der Waals surface area (Å²) in [5.74, 6) is 0. The van der Waals surface area contributed by atoms with Gasteiger partial charge in [-0.15, -0.1) is 5.10 Å². The van der Waals surface area contributed by atoms with Crippen LogP contribution in [0.4, 0.5) is 0 Å². The van der Waals surface area contributed by atoms with Crippen molar-refractivity contribution in [2.45, 2.75) is 18.5 Å². The molecule has 3 nitrogen and oxygen atoms in total. The van der Waals surface area contributed by atoms with E-state index in [0.717, 1.165) is 6.54 Å². The highest BCUT2D eigenvalue weighted by atomic mass is 32.1. The van der Waals surface area contributed by atoms with E-state index in [0.29, 0.717) is 5.03 Å². The lowest BCUT2D eigenvalue weighted by Gasteiger charge is -1.90. The molecule has 0 unspecified atom stereocenters. The predicted molar refractivity (Wildman–Crippen MR) is 31.6 cm³/mol. The van der Waals surface area contributed by atoms with Crippen molar-refractivity contribution >= 4 is 12.6 Å². The molecule has 1 radical (unpaired) electrons. The molecular formula is C4H6N3S. The van der Waals surface area contributed by atoms with Crippen LogP contribution in [0.5, 0.6) is 0 Å². The standard InChI is InChI=1S/C4H6N3S/c1-2-7-4(8)3-5-6-7/h3H,2H2,1H3. The third-order valence-corrected chi connectivity index (χ3v) is 1.20. The Morgan fingerprint density at radius 2 is 2.62 bits per heavy atom. The van der Waals surface area contributed by atoms with Gasteiger partial charge in [-0.25, -0.2) is 4.68 Å². The summed E-state index contributed by atoms with van der Waals surface area (Å²) in [6.45, 7) is 2.78. The molecule has 1 aromatic heterocycles. The van der Waals surface area contributed by atoms with Crippen LogP contribution in [0.25, 0.3) is 0 Å². The Labute approximate surface area is 53.1 Å². The molecule has 0 saturated heterocycles. The molecule has 1 heterocycles. The number of nitrogens with zero attached hydrogens (tertiary/aromatic N) is 3. The Morgan fingerprint density at radius 1 is 1.88 bits per heavy atom. The van der Waals surface area contributed by atoms with Gasteiger partial charge in [0.15, 0.2) is 0 Å². The van der Waals surface area contributed by atoms with E-state index in [2.05, 4.69) is 10.3 Å². The fourth-order valence-corrected chi connectivity index (χ4v) is 0.680. The summed E-state index contributed by atoms with van der Waals surface area (Å²) in [4.78, 5) is 0. The lowest BCUT2D eigenvalue weighted by atomic mass is 10.7. The van der Waals surface area contributed by atoms with Crippen molar-refractivity contribution in [1.29, 1.82) is 0 Å². The summed E-state index contributed by atoms with van der Waals surface area (Å²) in [5, 5.41) is 8.00. The summed E-state index contributed by atoms with van der Waals surface area (Å²) in [5.41, 5.74) is 0. The molecule has 8 heavy (non-hydrogen) atoms. The lowest BCUT2D eigenvalue weighted by molar-refractivity contribution is 0.584. The van der Waals surface area contributed by atoms with Gasteiger partial charge in [-0.3, -0.25) is 0 Å². The lowest BCUT2D eigenvalue weighted by Crippen LogP contribution is -1.96. The molecule has 0 aliphatic heterocycles. The highest BCUT2D eigenvalue weighted by Gasteiger charge is 1.93. The number of rotatable bonds is 1. The van der Waals surface area contributed by atoms with Crippen LogP contribution in [-0.2, 0) is 6.54 Å². The maximum absolute atomic E-state index is 4.82. The van der Waals surface area contributed by atoms with E-state index in [1.165, 1.54) is 0 Å². The summed E-state index contributed by atoms with van der Waals surface area (Å²) in [7, 11) is 0. The summed E-state index contributed by atoms with van der Waals surface area (Å²) >= 11 is 4.82.